The van der Waals surface area contributed by atoms with Gasteiger partial charge in [-0.25, -0.2) is 0 Å². The minimum atomic E-state index is -0.915. The van der Waals surface area contributed by atoms with Crippen LogP contribution in [-0.2, 0) is 11.2 Å². The van der Waals surface area contributed by atoms with Crippen LogP contribution in [0.25, 0.3) is 0 Å². The van der Waals surface area contributed by atoms with Crippen LogP contribution in [0.5, 0.6) is 0 Å². The van der Waals surface area contributed by atoms with Gasteiger partial charge in [-0.1, -0.05) is 43.2 Å². The van der Waals surface area contributed by atoms with Crippen LogP contribution in [0.2, 0.25) is 0 Å². The quantitative estimate of drug-likeness (QED) is 0.922. The largest absolute Gasteiger partial charge is 0.383 e. The molecule has 0 spiro atoms. The number of likely N-dealkylation sites (tertiary alicyclic amines) is 2. The van der Waals surface area contributed by atoms with Crippen molar-refractivity contribution in [2.24, 2.45) is 0 Å². The molecule has 2 heterocycles. The van der Waals surface area contributed by atoms with Gasteiger partial charge in [0, 0.05) is 25.6 Å². The van der Waals surface area contributed by atoms with Gasteiger partial charge in [0.1, 0.15) is 6.10 Å². The Balaban J connectivity index is 1.47. The van der Waals surface area contributed by atoms with Crippen molar-refractivity contribution in [3.8, 4) is 0 Å². The molecule has 2 aliphatic heterocycles. The molecule has 2 fully saturated rings. The average molecular weight is 330 g/mol. The number of amides is 1. The van der Waals surface area contributed by atoms with Crippen molar-refractivity contribution in [3.05, 3.63) is 35.9 Å². The average Bonchev–Trinajstić information content (AvgIpc) is 2.91. The highest BCUT2D eigenvalue weighted by atomic mass is 16.3. The van der Waals surface area contributed by atoms with E-state index in [2.05, 4.69) is 4.90 Å². The summed E-state index contributed by atoms with van der Waals surface area (Å²) in [6.07, 6.45) is 6.93. The van der Waals surface area contributed by atoms with Crippen molar-refractivity contribution in [1.29, 1.82) is 0 Å². The molecule has 1 amide bonds. The number of hydrogen-bond acceptors (Lipinski definition) is 3. The molecule has 0 unspecified atom stereocenters. The van der Waals surface area contributed by atoms with E-state index in [1.54, 1.807) is 0 Å². The molecule has 0 bridgehead atoms. The lowest BCUT2D eigenvalue weighted by Crippen LogP contribution is -2.49. The second-order valence-corrected chi connectivity index (χ2v) is 7.21. The monoisotopic (exact) mass is 330 g/mol. The Morgan fingerprint density at radius 1 is 1.00 bits per heavy atom. The van der Waals surface area contributed by atoms with Gasteiger partial charge in [-0.05, 0) is 44.3 Å². The molecule has 1 aromatic rings. The molecule has 1 N–H and O–H groups in total. The van der Waals surface area contributed by atoms with Gasteiger partial charge in [0.15, 0.2) is 0 Å². The van der Waals surface area contributed by atoms with Crippen LogP contribution in [0, 0.1) is 0 Å². The van der Waals surface area contributed by atoms with E-state index in [4.69, 9.17) is 0 Å². The van der Waals surface area contributed by atoms with Crippen LogP contribution in [-0.4, -0.2) is 59.1 Å². The molecular weight excluding hydrogens is 300 g/mol. The molecule has 0 aromatic heterocycles. The third-order valence-corrected chi connectivity index (χ3v) is 5.49. The lowest BCUT2D eigenvalue weighted by Gasteiger charge is -2.38. The molecule has 132 valence electrons. The summed E-state index contributed by atoms with van der Waals surface area (Å²) >= 11 is 0. The second-order valence-electron chi connectivity index (χ2n) is 7.21. The van der Waals surface area contributed by atoms with Gasteiger partial charge < -0.3 is 14.9 Å². The maximum absolute atomic E-state index is 12.5. The molecule has 0 aliphatic carbocycles. The van der Waals surface area contributed by atoms with E-state index in [9.17, 15) is 9.90 Å². The zero-order valence-corrected chi connectivity index (χ0v) is 14.6. The number of hydrogen-bond donors (Lipinski definition) is 1. The number of rotatable bonds is 4. The Morgan fingerprint density at radius 2 is 1.62 bits per heavy atom. The summed E-state index contributed by atoms with van der Waals surface area (Å²) in [7, 11) is 0. The number of carbonyl (C=O) groups excluding carboxylic acids is 1. The van der Waals surface area contributed by atoms with Crippen molar-refractivity contribution in [2.45, 2.75) is 57.1 Å². The predicted octanol–water partition coefficient (Wildman–Crippen LogP) is 2.46. The van der Waals surface area contributed by atoms with Gasteiger partial charge in [0.25, 0.3) is 5.91 Å². The number of benzene rings is 1. The minimum absolute atomic E-state index is 0.104. The van der Waals surface area contributed by atoms with Crippen molar-refractivity contribution < 1.29 is 9.90 Å². The van der Waals surface area contributed by atoms with Crippen molar-refractivity contribution in [1.82, 2.24) is 9.80 Å². The highest BCUT2D eigenvalue weighted by molar-refractivity contribution is 5.81. The minimum Gasteiger partial charge on any atom is -0.383 e. The molecule has 4 nitrogen and oxygen atoms in total. The molecule has 0 saturated carbocycles. The fourth-order valence-corrected chi connectivity index (χ4v) is 4.05. The summed E-state index contributed by atoms with van der Waals surface area (Å²) in [5, 5.41) is 10.3. The van der Waals surface area contributed by atoms with Crippen LogP contribution in [0.15, 0.2) is 30.3 Å². The van der Waals surface area contributed by atoms with Gasteiger partial charge in [0.2, 0.25) is 0 Å². The van der Waals surface area contributed by atoms with E-state index in [1.165, 1.54) is 38.8 Å². The normalized spacial score (nSPS) is 22.1. The first-order valence-electron chi connectivity index (χ1n) is 9.49. The highest BCUT2D eigenvalue weighted by Crippen LogP contribution is 2.21. The van der Waals surface area contributed by atoms with Crippen LogP contribution in [0.4, 0.5) is 0 Å². The molecule has 2 aliphatic rings. The lowest BCUT2D eigenvalue weighted by molar-refractivity contribution is -0.141. The number of nitrogens with zero attached hydrogens (tertiary/aromatic N) is 2. The Bertz CT molecular complexity index is 504. The number of carbonyl (C=O) groups is 1. The van der Waals surface area contributed by atoms with E-state index in [-0.39, 0.29) is 5.91 Å². The van der Waals surface area contributed by atoms with Crippen LogP contribution in [0.3, 0.4) is 0 Å². The second kappa shape index (κ2) is 8.63. The van der Waals surface area contributed by atoms with E-state index >= 15 is 0 Å². The maximum Gasteiger partial charge on any atom is 0.251 e. The fourth-order valence-electron chi connectivity index (χ4n) is 4.05. The van der Waals surface area contributed by atoms with E-state index in [1.807, 2.05) is 35.2 Å². The van der Waals surface area contributed by atoms with Gasteiger partial charge in [-0.3, -0.25) is 4.79 Å². The van der Waals surface area contributed by atoms with Gasteiger partial charge in [-0.2, -0.15) is 0 Å². The summed E-state index contributed by atoms with van der Waals surface area (Å²) in [5.74, 6) is -0.104. The first kappa shape index (κ1) is 17.4. The third kappa shape index (κ3) is 4.58. The highest BCUT2D eigenvalue weighted by Gasteiger charge is 2.29. The van der Waals surface area contributed by atoms with Crippen LogP contribution in [0.1, 0.15) is 44.1 Å². The van der Waals surface area contributed by atoms with Gasteiger partial charge >= 0.3 is 0 Å². The molecule has 3 rings (SSSR count). The summed E-state index contributed by atoms with van der Waals surface area (Å²) in [6.45, 7) is 4.00. The lowest BCUT2D eigenvalue weighted by atomic mass is 10.0. The Hall–Kier alpha value is -1.39. The Morgan fingerprint density at radius 3 is 2.25 bits per heavy atom. The summed E-state index contributed by atoms with van der Waals surface area (Å²) in [6, 6.07) is 10.4. The molecule has 1 atom stereocenters. The van der Waals surface area contributed by atoms with E-state index < -0.39 is 6.10 Å². The van der Waals surface area contributed by atoms with Gasteiger partial charge in [-0.15, -0.1) is 0 Å². The van der Waals surface area contributed by atoms with Crippen molar-refractivity contribution >= 4 is 5.91 Å². The topological polar surface area (TPSA) is 43.8 Å². The third-order valence-electron chi connectivity index (χ3n) is 5.49. The first-order chi connectivity index (χ1) is 11.7. The summed E-state index contributed by atoms with van der Waals surface area (Å²) < 4.78 is 0. The fraction of sp³-hybridized carbons (Fsp3) is 0.650. The zero-order chi connectivity index (χ0) is 16.8. The molecule has 24 heavy (non-hydrogen) atoms. The zero-order valence-electron chi connectivity index (χ0n) is 14.6. The Kier molecular flexibility index (Phi) is 6.27. The molecule has 4 heteroatoms. The van der Waals surface area contributed by atoms with Crippen molar-refractivity contribution in [3.63, 3.8) is 0 Å². The van der Waals surface area contributed by atoms with E-state index in [0.717, 1.165) is 31.5 Å². The SMILES string of the molecule is O=C([C@@H](O)Cc1ccccc1)N1CCC(N2CCCCCC2)CC1. The molecule has 2 saturated heterocycles. The summed E-state index contributed by atoms with van der Waals surface area (Å²) in [4.78, 5) is 17.0. The van der Waals surface area contributed by atoms with E-state index in [0.29, 0.717) is 12.5 Å². The maximum atomic E-state index is 12.5. The standard InChI is InChI=1S/C20H30N2O2/c23-19(16-17-8-4-3-5-9-17)20(24)22-14-10-18(11-15-22)21-12-6-1-2-7-13-21/h3-5,8-9,18-19,23H,1-2,6-7,10-16H2/t19-/m0/s1. The van der Waals surface area contributed by atoms with Gasteiger partial charge in [0.05, 0.1) is 0 Å². The first-order valence-corrected chi connectivity index (χ1v) is 9.49. The molecular formula is C20H30N2O2. The molecule has 0 radical (unpaired) electrons. The predicted molar refractivity (Wildman–Crippen MR) is 95.8 cm³/mol. The van der Waals surface area contributed by atoms with Crippen LogP contribution < -0.4 is 0 Å². The number of piperidine rings is 1. The van der Waals surface area contributed by atoms with Crippen molar-refractivity contribution in [2.75, 3.05) is 26.2 Å². The molecule has 1 aromatic carbocycles. The smallest absolute Gasteiger partial charge is 0.251 e. The van der Waals surface area contributed by atoms with Crippen LogP contribution >= 0.6 is 0 Å². The number of aliphatic hydroxyl groups is 1. The Labute approximate surface area is 145 Å². The number of aliphatic hydroxyl groups excluding tert-OH is 1. The summed E-state index contributed by atoms with van der Waals surface area (Å²) in [5.41, 5.74) is 1.01.